The van der Waals surface area contributed by atoms with E-state index in [2.05, 4.69) is 6.92 Å². The summed E-state index contributed by atoms with van der Waals surface area (Å²) in [5.41, 5.74) is 0. The Morgan fingerprint density at radius 2 is 1.00 bits per heavy atom. The second-order valence-electron chi connectivity index (χ2n) is 8.47. The maximum atomic E-state index is 11.5. The van der Waals surface area contributed by atoms with Crippen LogP contribution >= 0.6 is 0 Å². The van der Waals surface area contributed by atoms with E-state index in [-0.39, 0.29) is 4.48 Å². The lowest BCUT2D eigenvalue weighted by atomic mass is 10.0. The van der Waals surface area contributed by atoms with Crippen LogP contribution in [-0.2, 0) is 10.1 Å². The first-order chi connectivity index (χ1) is 11.7. The van der Waals surface area contributed by atoms with Gasteiger partial charge in [-0.1, -0.05) is 90.4 Å². The van der Waals surface area contributed by atoms with Gasteiger partial charge in [-0.15, -0.1) is 0 Å². The average Bonchev–Trinajstić information content (AvgIpc) is 2.48. The molecule has 0 spiro atoms. The van der Waals surface area contributed by atoms with Gasteiger partial charge < -0.3 is 4.48 Å². The smallest absolute Gasteiger partial charge is 0.314 e. The van der Waals surface area contributed by atoms with E-state index >= 15 is 0 Å². The lowest BCUT2D eigenvalue weighted by Crippen LogP contribution is -2.49. The molecule has 0 aromatic rings. The number of nitrogens with zero attached hydrogens (tertiary/aromatic N) is 1. The Hall–Kier alpha value is -0.130. The molecule has 0 amide bonds. The summed E-state index contributed by atoms with van der Waals surface area (Å²) in [6.07, 6.45) is 18.6. The quantitative estimate of drug-likeness (QED) is 0.198. The third-order valence-electron chi connectivity index (χ3n) is 5.01. The summed E-state index contributed by atoms with van der Waals surface area (Å²) in [5.74, 6) is 0. The average molecular weight is 379 g/mol. The van der Waals surface area contributed by atoms with Crippen molar-refractivity contribution in [3.8, 4) is 0 Å². The number of quaternary nitrogens is 1. The minimum Gasteiger partial charge on any atom is -0.314 e. The fraction of sp³-hybridized carbons (Fsp3) is 1.00. The molecule has 4 nitrogen and oxygen atoms in total. The largest absolute Gasteiger partial charge is 0.319 e. The Morgan fingerprint density at radius 1 is 0.680 bits per heavy atom. The second-order valence-corrected chi connectivity index (χ2v) is 10.0. The van der Waals surface area contributed by atoms with Gasteiger partial charge in [-0.25, -0.2) is 0 Å². The zero-order valence-electron chi connectivity index (χ0n) is 17.3. The topological polar surface area (TPSA) is 54.4 Å². The van der Waals surface area contributed by atoms with Crippen molar-refractivity contribution in [2.45, 2.75) is 109 Å². The molecular formula is C20H44NO3S+. The van der Waals surface area contributed by atoms with Gasteiger partial charge in [0.25, 0.3) is 0 Å². The van der Waals surface area contributed by atoms with E-state index in [9.17, 15) is 13.0 Å². The zero-order valence-corrected chi connectivity index (χ0v) is 18.1. The summed E-state index contributed by atoms with van der Waals surface area (Å²) in [6, 6.07) is 0. The van der Waals surface area contributed by atoms with E-state index in [0.717, 1.165) is 12.8 Å². The molecule has 5 heteroatoms. The maximum absolute atomic E-state index is 11.5. The molecule has 0 saturated carbocycles. The van der Waals surface area contributed by atoms with Crippen molar-refractivity contribution in [2.24, 2.45) is 0 Å². The van der Waals surface area contributed by atoms with Crippen LogP contribution in [0.15, 0.2) is 0 Å². The first kappa shape index (κ1) is 24.9. The summed E-state index contributed by atoms with van der Waals surface area (Å²) >= 11 is 0. The highest BCUT2D eigenvalue weighted by molar-refractivity contribution is 7.86. The minimum absolute atomic E-state index is 0.261. The third kappa shape index (κ3) is 14.7. The SMILES string of the molecule is CCCCCCCCCCCCCCCCC([N+](C)(C)C)S(=O)(=O)O. The van der Waals surface area contributed by atoms with Gasteiger partial charge in [-0.3, -0.25) is 4.55 Å². The standard InChI is InChI=1S/C20H43NO3S/c1-5-6-7-8-9-10-11-12-13-14-15-16-17-18-19-20(21(2,3)4)25(22,23)24/h20H,5-19H2,1-4H3/p+1. The van der Waals surface area contributed by atoms with Crippen LogP contribution in [0.4, 0.5) is 0 Å². The number of unbranched alkanes of at least 4 members (excludes halogenated alkanes) is 13. The van der Waals surface area contributed by atoms with Crippen LogP contribution in [0.1, 0.15) is 103 Å². The first-order valence-electron chi connectivity index (χ1n) is 10.5. The molecule has 0 aliphatic heterocycles. The molecule has 152 valence electrons. The van der Waals surface area contributed by atoms with Crippen molar-refractivity contribution >= 4 is 10.1 Å². The van der Waals surface area contributed by atoms with E-state index in [1.54, 1.807) is 0 Å². The van der Waals surface area contributed by atoms with Gasteiger partial charge in [0.15, 0.2) is 0 Å². The highest BCUT2D eigenvalue weighted by atomic mass is 32.2. The zero-order chi connectivity index (χ0) is 19.2. The van der Waals surface area contributed by atoms with E-state index in [4.69, 9.17) is 0 Å². The molecule has 0 aliphatic carbocycles. The Balaban J connectivity index is 3.50. The molecule has 0 bridgehead atoms. The third-order valence-corrected chi connectivity index (χ3v) is 6.57. The molecule has 0 radical (unpaired) electrons. The summed E-state index contributed by atoms with van der Waals surface area (Å²) in [7, 11) is 1.50. The lowest BCUT2D eigenvalue weighted by Gasteiger charge is -2.31. The second kappa shape index (κ2) is 14.0. The van der Waals surface area contributed by atoms with Gasteiger partial charge in [-0.2, -0.15) is 8.42 Å². The summed E-state index contributed by atoms with van der Waals surface area (Å²) in [6.45, 7) is 2.26. The predicted molar refractivity (Wildman–Crippen MR) is 108 cm³/mol. The molecule has 0 aromatic carbocycles. The van der Waals surface area contributed by atoms with Gasteiger partial charge in [0.05, 0.1) is 21.1 Å². The maximum Gasteiger partial charge on any atom is 0.319 e. The van der Waals surface area contributed by atoms with E-state index < -0.39 is 15.5 Å². The Kier molecular flexibility index (Phi) is 13.9. The van der Waals surface area contributed by atoms with Gasteiger partial charge in [0.1, 0.15) is 0 Å². The monoisotopic (exact) mass is 378 g/mol. The molecule has 1 N–H and O–H groups in total. The highest BCUT2D eigenvalue weighted by Gasteiger charge is 2.34. The van der Waals surface area contributed by atoms with Crippen LogP contribution in [0, 0.1) is 0 Å². The molecule has 0 aromatic heterocycles. The van der Waals surface area contributed by atoms with Crippen LogP contribution in [-0.4, -0.2) is 44.0 Å². The number of hydrogen-bond donors (Lipinski definition) is 1. The van der Waals surface area contributed by atoms with Crippen LogP contribution in [0.2, 0.25) is 0 Å². The summed E-state index contributed by atoms with van der Waals surface area (Å²) < 4.78 is 32.6. The Labute approximate surface area is 157 Å². The normalized spacial score (nSPS) is 14.0. The fourth-order valence-corrected chi connectivity index (χ4v) is 4.71. The van der Waals surface area contributed by atoms with Crippen LogP contribution in [0.25, 0.3) is 0 Å². The first-order valence-corrected chi connectivity index (χ1v) is 12.0. The fourth-order valence-electron chi connectivity index (χ4n) is 3.45. The van der Waals surface area contributed by atoms with Crippen LogP contribution in [0.5, 0.6) is 0 Å². The molecule has 0 rings (SSSR count). The molecular weight excluding hydrogens is 334 g/mol. The molecule has 1 unspecified atom stereocenters. The van der Waals surface area contributed by atoms with E-state index in [1.807, 2.05) is 21.1 Å². The molecule has 0 saturated heterocycles. The molecule has 0 aliphatic rings. The Morgan fingerprint density at radius 3 is 1.28 bits per heavy atom. The van der Waals surface area contributed by atoms with Crippen molar-refractivity contribution < 1.29 is 17.5 Å². The van der Waals surface area contributed by atoms with Crippen LogP contribution < -0.4 is 0 Å². The van der Waals surface area contributed by atoms with Gasteiger partial charge in [0.2, 0.25) is 5.37 Å². The van der Waals surface area contributed by atoms with E-state index in [0.29, 0.717) is 6.42 Å². The molecule has 0 heterocycles. The van der Waals surface area contributed by atoms with Gasteiger partial charge in [-0.05, 0) is 6.42 Å². The number of rotatable bonds is 17. The van der Waals surface area contributed by atoms with E-state index in [1.165, 1.54) is 77.0 Å². The van der Waals surface area contributed by atoms with Gasteiger partial charge >= 0.3 is 10.1 Å². The molecule has 1 atom stereocenters. The van der Waals surface area contributed by atoms with Crippen molar-refractivity contribution in [1.29, 1.82) is 0 Å². The van der Waals surface area contributed by atoms with Crippen molar-refractivity contribution in [3.63, 3.8) is 0 Å². The minimum atomic E-state index is -3.97. The molecule has 25 heavy (non-hydrogen) atoms. The molecule has 0 fully saturated rings. The van der Waals surface area contributed by atoms with Crippen LogP contribution in [0.3, 0.4) is 0 Å². The van der Waals surface area contributed by atoms with Crippen molar-refractivity contribution in [2.75, 3.05) is 21.1 Å². The number of hydrogen-bond acceptors (Lipinski definition) is 2. The van der Waals surface area contributed by atoms with Crippen molar-refractivity contribution in [3.05, 3.63) is 0 Å². The highest BCUT2D eigenvalue weighted by Crippen LogP contribution is 2.19. The summed E-state index contributed by atoms with van der Waals surface area (Å²) in [4.78, 5) is 0. The lowest BCUT2D eigenvalue weighted by molar-refractivity contribution is -0.882. The Bertz CT molecular complexity index is 402. The summed E-state index contributed by atoms with van der Waals surface area (Å²) in [5, 5.41) is -0.704. The predicted octanol–water partition coefficient (Wildman–Crippen LogP) is 5.78. The van der Waals surface area contributed by atoms with Crippen molar-refractivity contribution in [1.82, 2.24) is 0 Å². The van der Waals surface area contributed by atoms with Gasteiger partial charge in [0, 0.05) is 6.42 Å².